The Morgan fingerprint density at radius 3 is 3.00 bits per heavy atom. The van der Waals surface area contributed by atoms with Crippen molar-refractivity contribution in [3.05, 3.63) is 39.4 Å². The molecule has 1 atom stereocenters. The second-order valence-electron chi connectivity index (χ2n) is 4.72. The number of rotatable bonds is 4. The molecule has 1 aromatic rings. The molecule has 1 aromatic carbocycles. The number of nitro benzene ring substituents is 1. The van der Waals surface area contributed by atoms with Crippen LogP contribution in [-0.4, -0.2) is 34.1 Å². The summed E-state index contributed by atoms with van der Waals surface area (Å²) in [5.74, 6) is 0. The summed E-state index contributed by atoms with van der Waals surface area (Å²) in [6.45, 7) is 4.05. The predicted molar refractivity (Wildman–Crippen MR) is 68.4 cm³/mol. The first-order chi connectivity index (χ1) is 8.61. The van der Waals surface area contributed by atoms with Gasteiger partial charge in [0, 0.05) is 31.3 Å². The molecule has 0 saturated carbocycles. The predicted octanol–water partition coefficient (Wildman–Crippen LogP) is 1.72. The third kappa shape index (κ3) is 2.68. The Bertz CT molecular complexity index is 448. The van der Waals surface area contributed by atoms with E-state index in [9.17, 15) is 15.2 Å². The van der Waals surface area contributed by atoms with E-state index in [0.717, 1.165) is 24.1 Å². The molecule has 0 spiro atoms. The molecule has 1 N–H and O–H groups in total. The molecule has 0 fully saturated rings. The van der Waals surface area contributed by atoms with Gasteiger partial charge < -0.3 is 5.11 Å². The van der Waals surface area contributed by atoms with Crippen LogP contribution in [0.4, 0.5) is 5.69 Å². The monoisotopic (exact) mass is 250 g/mol. The number of nitrogens with zero attached hydrogens (tertiary/aromatic N) is 2. The Hall–Kier alpha value is -1.46. The number of β-amino-alcohol motifs (C(OH)–C–C–N with tert-alkyl or cyclic N) is 1. The highest BCUT2D eigenvalue weighted by Gasteiger charge is 2.24. The van der Waals surface area contributed by atoms with E-state index in [-0.39, 0.29) is 16.7 Å². The minimum atomic E-state index is -0.315. The lowest BCUT2D eigenvalue weighted by molar-refractivity contribution is -0.385. The number of benzene rings is 1. The van der Waals surface area contributed by atoms with Crippen LogP contribution in [0.5, 0.6) is 0 Å². The summed E-state index contributed by atoms with van der Waals surface area (Å²) in [6, 6.07) is 5.24. The molecule has 0 aliphatic carbocycles. The number of aliphatic hydroxyl groups is 1. The Balaban J connectivity index is 2.15. The summed E-state index contributed by atoms with van der Waals surface area (Å²) < 4.78 is 0. The minimum absolute atomic E-state index is 0.225. The Morgan fingerprint density at radius 1 is 1.56 bits per heavy atom. The maximum atomic E-state index is 10.9. The van der Waals surface area contributed by atoms with E-state index in [1.54, 1.807) is 12.1 Å². The first kappa shape index (κ1) is 13.0. The summed E-state index contributed by atoms with van der Waals surface area (Å²) >= 11 is 0. The van der Waals surface area contributed by atoms with Crippen LogP contribution in [0.15, 0.2) is 18.2 Å². The van der Waals surface area contributed by atoms with Crippen LogP contribution in [0.25, 0.3) is 0 Å². The molecule has 1 heterocycles. The van der Waals surface area contributed by atoms with E-state index in [0.29, 0.717) is 19.5 Å². The molecule has 0 amide bonds. The molecule has 2 rings (SSSR count). The van der Waals surface area contributed by atoms with E-state index in [1.165, 1.54) is 0 Å². The summed E-state index contributed by atoms with van der Waals surface area (Å²) in [5, 5.41) is 20.6. The fraction of sp³-hybridized carbons (Fsp3) is 0.538. The van der Waals surface area contributed by atoms with Gasteiger partial charge in [-0.1, -0.05) is 19.1 Å². The molecule has 5 heteroatoms. The van der Waals surface area contributed by atoms with Gasteiger partial charge in [0.15, 0.2) is 0 Å². The van der Waals surface area contributed by atoms with Crippen molar-refractivity contribution >= 4 is 5.69 Å². The molecule has 0 unspecified atom stereocenters. The summed E-state index contributed by atoms with van der Waals surface area (Å²) in [7, 11) is 0. The fourth-order valence-corrected chi connectivity index (χ4v) is 2.40. The third-order valence-corrected chi connectivity index (χ3v) is 3.46. The van der Waals surface area contributed by atoms with Crippen molar-refractivity contribution in [3.8, 4) is 0 Å². The number of aliphatic hydroxyl groups excluding tert-OH is 1. The van der Waals surface area contributed by atoms with Gasteiger partial charge >= 0.3 is 0 Å². The standard InChI is InChI=1S/C13H18N2O3/c1-2-11(16)9-14-7-6-12-10(8-14)4-3-5-13(12)15(17)18/h3-5,11,16H,2,6-9H2,1H3/t11-/m1/s1. The summed E-state index contributed by atoms with van der Waals surface area (Å²) in [6.07, 6.45) is 1.10. The van der Waals surface area contributed by atoms with Crippen LogP contribution >= 0.6 is 0 Å². The van der Waals surface area contributed by atoms with Crippen molar-refractivity contribution in [1.29, 1.82) is 0 Å². The fourth-order valence-electron chi connectivity index (χ4n) is 2.40. The first-order valence-corrected chi connectivity index (χ1v) is 6.27. The van der Waals surface area contributed by atoms with E-state index in [2.05, 4.69) is 4.90 Å². The Kier molecular flexibility index (Phi) is 3.93. The van der Waals surface area contributed by atoms with Crippen molar-refractivity contribution in [1.82, 2.24) is 4.90 Å². The molecular weight excluding hydrogens is 232 g/mol. The van der Waals surface area contributed by atoms with Gasteiger partial charge in [-0.05, 0) is 18.4 Å². The van der Waals surface area contributed by atoms with Crippen LogP contribution in [0.2, 0.25) is 0 Å². The number of hydrogen-bond donors (Lipinski definition) is 1. The second-order valence-corrected chi connectivity index (χ2v) is 4.72. The molecule has 1 aliphatic heterocycles. The average molecular weight is 250 g/mol. The molecule has 5 nitrogen and oxygen atoms in total. The van der Waals surface area contributed by atoms with E-state index in [1.807, 2.05) is 13.0 Å². The lowest BCUT2D eigenvalue weighted by atomic mass is 9.97. The summed E-state index contributed by atoms with van der Waals surface area (Å²) in [4.78, 5) is 12.8. The molecule has 1 aliphatic rings. The smallest absolute Gasteiger partial charge is 0.272 e. The lowest BCUT2D eigenvalue weighted by Crippen LogP contribution is -2.36. The first-order valence-electron chi connectivity index (χ1n) is 6.27. The summed E-state index contributed by atoms with van der Waals surface area (Å²) in [5.41, 5.74) is 2.09. The third-order valence-electron chi connectivity index (χ3n) is 3.46. The molecule has 98 valence electrons. The van der Waals surface area contributed by atoms with Crippen LogP contribution in [0.3, 0.4) is 0 Å². The zero-order valence-corrected chi connectivity index (χ0v) is 10.5. The molecule has 0 bridgehead atoms. The van der Waals surface area contributed by atoms with Crippen molar-refractivity contribution in [3.63, 3.8) is 0 Å². The maximum absolute atomic E-state index is 10.9. The van der Waals surface area contributed by atoms with Crippen molar-refractivity contribution in [2.75, 3.05) is 13.1 Å². The van der Waals surface area contributed by atoms with Gasteiger partial charge in [0.25, 0.3) is 5.69 Å². The van der Waals surface area contributed by atoms with E-state index in [4.69, 9.17) is 0 Å². The minimum Gasteiger partial charge on any atom is -0.392 e. The average Bonchev–Trinajstić information content (AvgIpc) is 2.37. The molecule has 18 heavy (non-hydrogen) atoms. The molecule has 0 aromatic heterocycles. The van der Waals surface area contributed by atoms with Gasteiger partial charge in [-0.15, -0.1) is 0 Å². The number of fused-ring (bicyclic) bond motifs is 1. The van der Waals surface area contributed by atoms with Gasteiger partial charge in [-0.25, -0.2) is 0 Å². The van der Waals surface area contributed by atoms with Crippen LogP contribution < -0.4 is 0 Å². The Morgan fingerprint density at radius 2 is 2.33 bits per heavy atom. The van der Waals surface area contributed by atoms with E-state index >= 15 is 0 Å². The molecule has 0 saturated heterocycles. The largest absolute Gasteiger partial charge is 0.392 e. The van der Waals surface area contributed by atoms with Gasteiger partial charge in [0.05, 0.1) is 11.0 Å². The van der Waals surface area contributed by atoms with Crippen molar-refractivity contribution < 1.29 is 10.0 Å². The van der Waals surface area contributed by atoms with Gasteiger partial charge in [-0.3, -0.25) is 15.0 Å². The Labute approximate surface area is 106 Å². The number of nitro groups is 1. The zero-order chi connectivity index (χ0) is 13.1. The van der Waals surface area contributed by atoms with E-state index < -0.39 is 0 Å². The lowest BCUT2D eigenvalue weighted by Gasteiger charge is -2.29. The quantitative estimate of drug-likeness (QED) is 0.652. The van der Waals surface area contributed by atoms with Crippen molar-refractivity contribution in [2.24, 2.45) is 0 Å². The van der Waals surface area contributed by atoms with Gasteiger partial charge in [-0.2, -0.15) is 0 Å². The molecular formula is C13H18N2O3. The topological polar surface area (TPSA) is 66.6 Å². The van der Waals surface area contributed by atoms with Gasteiger partial charge in [0.2, 0.25) is 0 Å². The van der Waals surface area contributed by atoms with Crippen molar-refractivity contribution in [2.45, 2.75) is 32.4 Å². The van der Waals surface area contributed by atoms with Gasteiger partial charge in [0.1, 0.15) is 0 Å². The maximum Gasteiger partial charge on any atom is 0.272 e. The normalized spacial score (nSPS) is 17.2. The van der Waals surface area contributed by atoms with Crippen LogP contribution in [-0.2, 0) is 13.0 Å². The number of hydrogen-bond acceptors (Lipinski definition) is 4. The highest BCUT2D eigenvalue weighted by atomic mass is 16.6. The highest BCUT2D eigenvalue weighted by molar-refractivity contribution is 5.46. The van der Waals surface area contributed by atoms with Crippen LogP contribution in [0.1, 0.15) is 24.5 Å². The molecule has 0 radical (unpaired) electrons. The second kappa shape index (κ2) is 5.46. The van der Waals surface area contributed by atoms with Crippen LogP contribution in [0, 0.1) is 10.1 Å². The highest BCUT2D eigenvalue weighted by Crippen LogP contribution is 2.27. The SMILES string of the molecule is CC[C@@H](O)CN1CCc2c(cccc2[N+](=O)[O-])C1. The zero-order valence-electron chi connectivity index (χ0n) is 10.5.